The number of aromatic nitrogens is 1. The number of benzene rings is 3. The lowest BCUT2D eigenvalue weighted by molar-refractivity contribution is -0.139. The van der Waals surface area contributed by atoms with Crippen molar-refractivity contribution in [3.8, 4) is 11.1 Å². The van der Waals surface area contributed by atoms with Gasteiger partial charge in [0, 0.05) is 5.69 Å². The predicted octanol–water partition coefficient (Wildman–Crippen LogP) is 5.28. The van der Waals surface area contributed by atoms with E-state index in [2.05, 4.69) is 15.6 Å². The number of esters is 2. The van der Waals surface area contributed by atoms with E-state index in [0.717, 1.165) is 40.0 Å². The van der Waals surface area contributed by atoms with E-state index in [9.17, 15) is 14.0 Å². The van der Waals surface area contributed by atoms with Gasteiger partial charge in [-0.1, -0.05) is 35.6 Å². The van der Waals surface area contributed by atoms with Gasteiger partial charge in [0.2, 0.25) is 0 Å². The van der Waals surface area contributed by atoms with Gasteiger partial charge in [-0.3, -0.25) is 0 Å². The first kappa shape index (κ1) is 21.2. The molecule has 166 valence electrons. The fourth-order valence-corrected chi connectivity index (χ4v) is 4.64. The molecule has 0 unspecified atom stereocenters. The third kappa shape index (κ3) is 4.76. The van der Waals surface area contributed by atoms with E-state index in [1.807, 2.05) is 36.4 Å². The molecule has 5 rings (SSSR count). The number of halogens is 1. The van der Waals surface area contributed by atoms with Gasteiger partial charge < -0.3 is 15.4 Å². The number of hydrogen-bond donors (Lipinski definition) is 2. The van der Waals surface area contributed by atoms with Gasteiger partial charge in [-0.2, -0.15) is 0 Å². The van der Waals surface area contributed by atoms with Gasteiger partial charge in [0.1, 0.15) is 11.9 Å². The largest absolute Gasteiger partial charge is 0.388 e. The number of rotatable bonds is 5. The molecule has 1 aliphatic heterocycles. The summed E-state index contributed by atoms with van der Waals surface area (Å²) in [5.41, 5.74) is 3.84. The number of carbonyl (C=O) groups excluding carboxylic acids is 2. The lowest BCUT2D eigenvalue weighted by Gasteiger charge is -2.09. The second-order valence-electron chi connectivity index (χ2n) is 7.77. The fourth-order valence-electron chi connectivity index (χ4n) is 3.73. The summed E-state index contributed by atoms with van der Waals surface area (Å²) in [6.45, 7) is 0.761. The summed E-state index contributed by atoms with van der Waals surface area (Å²) < 4.78 is 19.2. The van der Waals surface area contributed by atoms with Crippen molar-refractivity contribution in [2.24, 2.45) is 0 Å². The molecule has 2 N–H and O–H groups in total. The maximum absolute atomic E-state index is 13.4. The molecule has 0 amide bonds. The smallest absolute Gasteiger partial charge is 0.345 e. The van der Waals surface area contributed by atoms with Crippen LogP contribution in [0.5, 0.6) is 0 Å². The molecule has 6 nitrogen and oxygen atoms in total. The highest BCUT2D eigenvalue weighted by atomic mass is 32.1. The van der Waals surface area contributed by atoms with Crippen LogP contribution in [-0.4, -0.2) is 29.5 Å². The Morgan fingerprint density at radius 1 is 1.03 bits per heavy atom. The van der Waals surface area contributed by atoms with Crippen molar-refractivity contribution in [3.05, 3.63) is 78.1 Å². The first-order valence-corrected chi connectivity index (χ1v) is 11.4. The predicted molar refractivity (Wildman–Crippen MR) is 126 cm³/mol. The summed E-state index contributed by atoms with van der Waals surface area (Å²) in [6, 6.07) is 18.8. The van der Waals surface area contributed by atoms with Gasteiger partial charge in [-0.25, -0.2) is 19.0 Å². The zero-order chi connectivity index (χ0) is 22.8. The van der Waals surface area contributed by atoms with E-state index in [-0.39, 0.29) is 5.82 Å². The summed E-state index contributed by atoms with van der Waals surface area (Å²) in [5, 5.41) is 6.95. The van der Waals surface area contributed by atoms with Crippen molar-refractivity contribution in [2.45, 2.75) is 18.9 Å². The standard InChI is InChI=1S/C25H20FN3O3S/c26-18-9-12-20-22(14-18)33-25(29-20)28-19-10-7-16(8-11-19)15-3-5-17(6-4-15)23(30)32-24(31)21-2-1-13-27-21/h3-12,14,21,27H,1-2,13H2,(H,28,29)/t21-/m0/s1. The van der Waals surface area contributed by atoms with Crippen molar-refractivity contribution < 1.29 is 18.7 Å². The fraction of sp³-hybridized carbons (Fsp3) is 0.160. The number of carbonyl (C=O) groups is 2. The summed E-state index contributed by atoms with van der Waals surface area (Å²) in [6.07, 6.45) is 1.59. The van der Waals surface area contributed by atoms with Crippen LogP contribution in [0.3, 0.4) is 0 Å². The minimum atomic E-state index is -0.643. The Morgan fingerprint density at radius 3 is 2.45 bits per heavy atom. The van der Waals surface area contributed by atoms with Crippen LogP contribution in [0.2, 0.25) is 0 Å². The molecule has 0 saturated carbocycles. The van der Waals surface area contributed by atoms with Gasteiger partial charge >= 0.3 is 11.9 Å². The topological polar surface area (TPSA) is 80.3 Å². The van der Waals surface area contributed by atoms with Crippen LogP contribution in [0.4, 0.5) is 15.2 Å². The Kier molecular flexibility index (Phi) is 5.85. The van der Waals surface area contributed by atoms with Gasteiger partial charge in [-0.15, -0.1) is 0 Å². The van der Waals surface area contributed by atoms with E-state index in [1.54, 1.807) is 18.2 Å². The van der Waals surface area contributed by atoms with E-state index >= 15 is 0 Å². The molecule has 1 aliphatic rings. The van der Waals surface area contributed by atoms with Crippen LogP contribution >= 0.6 is 11.3 Å². The van der Waals surface area contributed by atoms with Crippen molar-refractivity contribution >= 4 is 44.3 Å². The molecular weight excluding hydrogens is 441 g/mol. The molecular formula is C25H20FN3O3S. The Labute approximate surface area is 193 Å². The number of anilines is 2. The Hall–Kier alpha value is -3.62. The second kappa shape index (κ2) is 9.09. The summed E-state index contributed by atoms with van der Waals surface area (Å²) in [5.74, 6) is -1.45. The zero-order valence-corrected chi connectivity index (χ0v) is 18.3. The van der Waals surface area contributed by atoms with E-state index in [4.69, 9.17) is 4.74 Å². The average Bonchev–Trinajstić information content (AvgIpc) is 3.49. The van der Waals surface area contributed by atoms with Crippen LogP contribution in [-0.2, 0) is 9.53 Å². The summed E-state index contributed by atoms with van der Waals surface area (Å²) >= 11 is 1.39. The van der Waals surface area contributed by atoms with E-state index < -0.39 is 18.0 Å². The number of fused-ring (bicyclic) bond motifs is 1. The minimum absolute atomic E-state index is 0.279. The molecule has 1 fully saturated rings. The summed E-state index contributed by atoms with van der Waals surface area (Å²) in [4.78, 5) is 28.7. The highest BCUT2D eigenvalue weighted by Gasteiger charge is 2.26. The maximum atomic E-state index is 13.4. The Bertz CT molecular complexity index is 1310. The van der Waals surface area contributed by atoms with Crippen molar-refractivity contribution in [1.29, 1.82) is 0 Å². The quantitative estimate of drug-likeness (QED) is 0.311. The third-order valence-electron chi connectivity index (χ3n) is 5.48. The summed E-state index contributed by atoms with van der Waals surface area (Å²) in [7, 11) is 0. The minimum Gasteiger partial charge on any atom is -0.388 e. The van der Waals surface area contributed by atoms with Gasteiger partial charge in [0.25, 0.3) is 0 Å². The SMILES string of the molecule is O=C(OC(=O)[C@@H]1CCCN1)c1ccc(-c2ccc(Nc3nc4ccc(F)cc4s3)cc2)cc1. The van der Waals surface area contributed by atoms with Gasteiger partial charge in [-0.05, 0) is 73.0 Å². The molecule has 8 heteroatoms. The number of thiazole rings is 1. The van der Waals surface area contributed by atoms with Gasteiger partial charge in [0.05, 0.1) is 15.8 Å². The molecule has 3 aromatic carbocycles. The van der Waals surface area contributed by atoms with Crippen molar-refractivity contribution in [1.82, 2.24) is 10.3 Å². The molecule has 4 aromatic rings. The van der Waals surface area contributed by atoms with Crippen LogP contribution in [0, 0.1) is 5.82 Å². The van der Waals surface area contributed by atoms with Crippen LogP contribution in [0.15, 0.2) is 66.7 Å². The first-order valence-electron chi connectivity index (χ1n) is 10.6. The normalized spacial score (nSPS) is 15.5. The molecule has 0 bridgehead atoms. The first-order chi connectivity index (χ1) is 16.0. The molecule has 2 heterocycles. The number of hydrogen-bond acceptors (Lipinski definition) is 7. The lowest BCUT2D eigenvalue weighted by Crippen LogP contribution is -2.33. The molecule has 1 aromatic heterocycles. The molecule has 0 radical (unpaired) electrons. The Morgan fingerprint density at radius 2 is 1.76 bits per heavy atom. The highest BCUT2D eigenvalue weighted by molar-refractivity contribution is 7.22. The van der Waals surface area contributed by atoms with Crippen LogP contribution in [0.25, 0.3) is 21.3 Å². The number of nitrogens with one attached hydrogen (secondary N) is 2. The lowest BCUT2D eigenvalue weighted by atomic mass is 10.0. The van der Waals surface area contributed by atoms with Crippen LogP contribution < -0.4 is 10.6 Å². The van der Waals surface area contributed by atoms with Gasteiger partial charge in [0.15, 0.2) is 5.13 Å². The monoisotopic (exact) mass is 461 g/mol. The van der Waals surface area contributed by atoms with E-state index in [0.29, 0.717) is 17.1 Å². The third-order valence-corrected chi connectivity index (χ3v) is 6.41. The molecule has 0 aliphatic carbocycles. The molecule has 33 heavy (non-hydrogen) atoms. The zero-order valence-electron chi connectivity index (χ0n) is 17.5. The van der Waals surface area contributed by atoms with E-state index in [1.165, 1.54) is 23.5 Å². The van der Waals surface area contributed by atoms with Crippen LogP contribution in [0.1, 0.15) is 23.2 Å². The van der Waals surface area contributed by atoms with Crippen molar-refractivity contribution in [3.63, 3.8) is 0 Å². The number of ether oxygens (including phenoxy) is 1. The molecule has 1 atom stereocenters. The highest BCUT2D eigenvalue weighted by Crippen LogP contribution is 2.30. The number of nitrogens with zero attached hydrogens (tertiary/aromatic N) is 1. The Balaban J connectivity index is 1.24. The second-order valence-corrected chi connectivity index (χ2v) is 8.80. The maximum Gasteiger partial charge on any atom is 0.345 e. The average molecular weight is 462 g/mol. The molecule has 1 saturated heterocycles. The van der Waals surface area contributed by atoms with Crippen molar-refractivity contribution in [2.75, 3.05) is 11.9 Å². The molecule has 0 spiro atoms.